The molecule has 0 spiro atoms. The van der Waals surface area contributed by atoms with Gasteiger partial charge in [0.25, 0.3) is 0 Å². The largest absolute Gasteiger partial charge is 0.383 e. The van der Waals surface area contributed by atoms with Crippen molar-refractivity contribution in [2.24, 2.45) is 10.9 Å². The van der Waals surface area contributed by atoms with Crippen LogP contribution in [-0.4, -0.2) is 31.9 Å². The number of rotatable bonds is 7. The highest BCUT2D eigenvalue weighted by Crippen LogP contribution is 2.37. The molecule has 0 fully saturated rings. The summed E-state index contributed by atoms with van der Waals surface area (Å²) in [6.45, 7) is 10.7. The maximum Gasteiger partial charge on any atom is 0.226 e. The van der Waals surface area contributed by atoms with Crippen LogP contribution in [0.1, 0.15) is 38.3 Å². The van der Waals surface area contributed by atoms with Crippen LogP contribution in [-0.2, 0) is 9.53 Å². The number of nitrogens with zero attached hydrogens (tertiary/aromatic N) is 1. The van der Waals surface area contributed by atoms with Gasteiger partial charge in [0.05, 0.1) is 34.0 Å². The molecule has 0 bridgehead atoms. The van der Waals surface area contributed by atoms with Gasteiger partial charge < -0.3 is 10.1 Å². The first-order valence-electron chi connectivity index (χ1n) is 10.7. The molecule has 3 rings (SSSR count). The van der Waals surface area contributed by atoms with Crippen LogP contribution >= 0.6 is 35.0 Å². The average molecular weight is 506 g/mol. The standard InChI is InChI=1S/C18H15Cl2NS.C8H15NO2/c1-3-16-11(2)22-17-7-5-4-6-13(17)18(21-16)12-8-9-14(19)15(20)10-12;1-4-7(2)8(10)9-5-6-11-3/h4-10H,3H2,1-2H3;4,7H,1,5-6H2,2-3H3,(H,9,10). The Balaban J connectivity index is 0.000000299. The normalized spacial score (nSPS) is 13.7. The van der Waals surface area contributed by atoms with Crippen molar-refractivity contribution in [2.45, 2.75) is 32.1 Å². The minimum Gasteiger partial charge on any atom is -0.383 e. The van der Waals surface area contributed by atoms with Gasteiger partial charge in [-0.05, 0) is 31.5 Å². The molecule has 1 heterocycles. The first-order chi connectivity index (χ1) is 15.8. The first kappa shape index (κ1) is 27.2. The third-order valence-electron chi connectivity index (χ3n) is 4.96. The molecule has 0 saturated heterocycles. The molecular formula is C26H30Cl2N2O2S. The molecule has 1 unspecified atom stereocenters. The van der Waals surface area contributed by atoms with Gasteiger partial charge in [0, 0.05) is 34.6 Å². The minimum atomic E-state index is -0.119. The summed E-state index contributed by atoms with van der Waals surface area (Å²) < 4.78 is 4.77. The molecule has 0 radical (unpaired) electrons. The number of nitrogens with one attached hydrogen (secondary N) is 1. The number of allylic oxidation sites excluding steroid dienone is 2. The molecule has 0 saturated carbocycles. The van der Waals surface area contributed by atoms with Crippen molar-refractivity contribution in [3.63, 3.8) is 0 Å². The summed E-state index contributed by atoms with van der Waals surface area (Å²) in [5.41, 5.74) is 4.19. The summed E-state index contributed by atoms with van der Waals surface area (Å²) in [7, 11) is 1.60. The van der Waals surface area contributed by atoms with E-state index in [0.717, 1.165) is 29.0 Å². The van der Waals surface area contributed by atoms with Gasteiger partial charge >= 0.3 is 0 Å². The van der Waals surface area contributed by atoms with E-state index >= 15 is 0 Å². The van der Waals surface area contributed by atoms with Gasteiger partial charge in [-0.15, -0.1) is 6.58 Å². The van der Waals surface area contributed by atoms with Crippen molar-refractivity contribution in [1.29, 1.82) is 0 Å². The SMILES string of the molecule is C=CC(C)C(=O)NCCOC.CCC1=C(C)Sc2ccccc2C(c2ccc(Cl)c(Cl)c2)=N1. The molecule has 1 atom stereocenters. The van der Waals surface area contributed by atoms with Crippen molar-refractivity contribution in [3.05, 3.63) is 86.9 Å². The van der Waals surface area contributed by atoms with Gasteiger partial charge in [0.1, 0.15) is 0 Å². The Labute approximate surface area is 211 Å². The Morgan fingerprint density at radius 3 is 2.61 bits per heavy atom. The van der Waals surface area contributed by atoms with E-state index in [1.807, 2.05) is 24.3 Å². The van der Waals surface area contributed by atoms with Gasteiger partial charge in [-0.25, -0.2) is 0 Å². The molecule has 33 heavy (non-hydrogen) atoms. The monoisotopic (exact) mass is 504 g/mol. The highest BCUT2D eigenvalue weighted by atomic mass is 35.5. The van der Waals surface area contributed by atoms with Crippen LogP contribution in [0.5, 0.6) is 0 Å². The summed E-state index contributed by atoms with van der Waals surface area (Å²) in [6, 6.07) is 14.0. The summed E-state index contributed by atoms with van der Waals surface area (Å²) in [5, 5.41) is 3.81. The number of hydrogen-bond acceptors (Lipinski definition) is 4. The smallest absolute Gasteiger partial charge is 0.226 e. The van der Waals surface area contributed by atoms with E-state index in [1.54, 1.807) is 31.9 Å². The Bertz CT molecular complexity index is 1050. The van der Waals surface area contributed by atoms with E-state index < -0.39 is 0 Å². The number of benzene rings is 2. The number of thioether (sulfide) groups is 1. The van der Waals surface area contributed by atoms with Crippen molar-refractivity contribution in [2.75, 3.05) is 20.3 Å². The van der Waals surface area contributed by atoms with Gasteiger partial charge in [0.2, 0.25) is 5.91 Å². The van der Waals surface area contributed by atoms with Crippen molar-refractivity contribution >= 4 is 46.6 Å². The lowest BCUT2D eigenvalue weighted by Crippen LogP contribution is -2.30. The van der Waals surface area contributed by atoms with Gasteiger partial charge in [0.15, 0.2) is 0 Å². The number of carbonyl (C=O) groups excluding carboxylic acids is 1. The summed E-state index contributed by atoms with van der Waals surface area (Å²) in [6.07, 6.45) is 2.51. The summed E-state index contributed by atoms with van der Waals surface area (Å²) in [5.74, 6) is -0.121. The Morgan fingerprint density at radius 2 is 1.97 bits per heavy atom. The number of ether oxygens (including phenoxy) is 1. The Morgan fingerprint density at radius 1 is 1.24 bits per heavy atom. The Hall–Kier alpha value is -2.05. The molecule has 2 aromatic rings. The van der Waals surface area contributed by atoms with Crippen molar-refractivity contribution in [3.8, 4) is 0 Å². The number of aliphatic imine (C=N–C) groups is 1. The molecule has 4 nitrogen and oxygen atoms in total. The highest BCUT2D eigenvalue weighted by Gasteiger charge is 2.18. The van der Waals surface area contributed by atoms with E-state index in [9.17, 15) is 4.79 Å². The average Bonchev–Trinajstić information content (AvgIpc) is 2.96. The molecule has 7 heteroatoms. The zero-order chi connectivity index (χ0) is 24.4. The molecular weight excluding hydrogens is 475 g/mol. The van der Waals surface area contributed by atoms with E-state index in [1.165, 1.54) is 9.80 Å². The topological polar surface area (TPSA) is 50.7 Å². The predicted octanol–water partition coefficient (Wildman–Crippen LogP) is 7.15. The number of methoxy groups -OCH3 is 1. The molecule has 1 aliphatic heterocycles. The predicted molar refractivity (Wildman–Crippen MR) is 142 cm³/mol. The minimum absolute atomic E-state index is 0.00273. The maximum absolute atomic E-state index is 11.0. The maximum atomic E-state index is 11.0. The molecule has 176 valence electrons. The lowest BCUT2D eigenvalue weighted by Gasteiger charge is -2.10. The van der Waals surface area contributed by atoms with Crippen LogP contribution in [0.2, 0.25) is 10.0 Å². The third kappa shape index (κ3) is 7.75. The fourth-order valence-corrected chi connectivity index (χ4v) is 4.34. The van der Waals surface area contributed by atoms with E-state index in [2.05, 4.69) is 43.9 Å². The number of amides is 1. The quantitative estimate of drug-likeness (QED) is 0.321. The van der Waals surface area contributed by atoms with Crippen LogP contribution in [0.4, 0.5) is 0 Å². The molecule has 1 amide bonds. The van der Waals surface area contributed by atoms with Crippen LogP contribution in [0, 0.1) is 5.92 Å². The first-order valence-corrected chi connectivity index (χ1v) is 12.3. The molecule has 0 aromatic heterocycles. The zero-order valence-corrected chi connectivity index (χ0v) is 21.8. The van der Waals surface area contributed by atoms with E-state index in [-0.39, 0.29) is 11.8 Å². The van der Waals surface area contributed by atoms with Crippen LogP contribution in [0.15, 0.2) is 75.6 Å². The van der Waals surface area contributed by atoms with Gasteiger partial charge in [-0.2, -0.15) is 0 Å². The highest BCUT2D eigenvalue weighted by molar-refractivity contribution is 8.03. The van der Waals surface area contributed by atoms with E-state index in [0.29, 0.717) is 23.2 Å². The fourth-order valence-electron chi connectivity index (χ4n) is 2.98. The second kappa shape index (κ2) is 13.6. The Kier molecular flexibility index (Phi) is 11.2. The van der Waals surface area contributed by atoms with Crippen LogP contribution in [0.3, 0.4) is 0 Å². The van der Waals surface area contributed by atoms with Gasteiger partial charge in [-0.3, -0.25) is 9.79 Å². The molecule has 1 aliphatic rings. The van der Waals surface area contributed by atoms with Crippen molar-refractivity contribution in [1.82, 2.24) is 5.32 Å². The lowest BCUT2D eigenvalue weighted by atomic mass is 10.0. The van der Waals surface area contributed by atoms with Crippen molar-refractivity contribution < 1.29 is 9.53 Å². The summed E-state index contributed by atoms with van der Waals surface area (Å²) >= 11 is 14.0. The number of fused-ring (bicyclic) bond motifs is 1. The van der Waals surface area contributed by atoms with Crippen LogP contribution in [0.25, 0.3) is 0 Å². The van der Waals surface area contributed by atoms with E-state index in [4.69, 9.17) is 32.9 Å². The molecule has 2 aromatic carbocycles. The fraction of sp³-hybridized carbons (Fsp3) is 0.308. The van der Waals surface area contributed by atoms with Gasteiger partial charge in [-0.1, -0.05) is 79.2 Å². The zero-order valence-electron chi connectivity index (χ0n) is 19.5. The van der Waals surface area contributed by atoms with Crippen LogP contribution < -0.4 is 5.32 Å². The second-order valence-corrected chi connectivity index (χ2v) is 9.42. The third-order valence-corrected chi connectivity index (χ3v) is 6.82. The molecule has 0 aliphatic carbocycles. The number of halogens is 2. The summed E-state index contributed by atoms with van der Waals surface area (Å²) in [4.78, 5) is 18.4. The molecule has 1 N–H and O–H groups in total. The number of hydrogen-bond donors (Lipinski definition) is 1. The number of carbonyl (C=O) groups is 1. The lowest BCUT2D eigenvalue weighted by molar-refractivity contribution is -0.123. The second-order valence-electron chi connectivity index (χ2n) is 7.35.